The van der Waals surface area contributed by atoms with Gasteiger partial charge in [-0.25, -0.2) is 19.7 Å². The van der Waals surface area contributed by atoms with E-state index in [9.17, 15) is 4.79 Å². The number of nitrogens with zero attached hydrogens (tertiary/aromatic N) is 3. The summed E-state index contributed by atoms with van der Waals surface area (Å²) in [7, 11) is 0. The second kappa shape index (κ2) is 5.79. The lowest BCUT2D eigenvalue weighted by Crippen LogP contribution is -2.04. The summed E-state index contributed by atoms with van der Waals surface area (Å²) in [5.74, 6) is -0.617. The van der Waals surface area contributed by atoms with E-state index in [4.69, 9.17) is 16.7 Å². The zero-order valence-electron chi connectivity index (χ0n) is 9.08. The third-order valence-electron chi connectivity index (χ3n) is 2.08. The van der Waals surface area contributed by atoms with E-state index in [-0.39, 0.29) is 5.56 Å². The minimum absolute atomic E-state index is 0.110. The van der Waals surface area contributed by atoms with Crippen molar-refractivity contribution in [3.63, 3.8) is 0 Å². The van der Waals surface area contributed by atoms with Crippen LogP contribution in [0.15, 0.2) is 35.9 Å². The summed E-state index contributed by atoms with van der Waals surface area (Å²) in [5.41, 5.74) is 0.582. The fourth-order valence-electron chi connectivity index (χ4n) is 1.24. The molecule has 7 heteroatoms. The Bertz CT molecular complexity index is 562. The van der Waals surface area contributed by atoms with Crippen LogP contribution in [0.5, 0.6) is 0 Å². The van der Waals surface area contributed by atoms with Crippen molar-refractivity contribution in [2.45, 2.75) is 10.8 Å². The quantitative estimate of drug-likeness (QED) is 0.868. The summed E-state index contributed by atoms with van der Waals surface area (Å²) in [6.07, 6.45) is 4.17. The summed E-state index contributed by atoms with van der Waals surface area (Å²) in [6, 6.07) is 3.50. The Morgan fingerprint density at radius 1 is 1.33 bits per heavy atom. The van der Waals surface area contributed by atoms with Crippen molar-refractivity contribution in [1.29, 1.82) is 0 Å². The van der Waals surface area contributed by atoms with Crippen molar-refractivity contribution < 1.29 is 9.90 Å². The first-order valence-corrected chi connectivity index (χ1v) is 6.29. The van der Waals surface area contributed by atoms with Gasteiger partial charge in [0.1, 0.15) is 11.9 Å². The molecule has 0 aliphatic carbocycles. The normalized spacial score (nSPS) is 10.3. The molecule has 2 rings (SSSR count). The summed E-state index contributed by atoms with van der Waals surface area (Å²) in [6.45, 7) is 0. The smallest absolute Gasteiger partial charge is 0.339 e. The van der Waals surface area contributed by atoms with E-state index in [1.807, 2.05) is 0 Å². The molecule has 0 aliphatic rings. The Labute approximate surface area is 112 Å². The SMILES string of the molecule is O=C(O)c1cncnc1CSc1ccc(Cl)cn1. The van der Waals surface area contributed by atoms with E-state index in [0.29, 0.717) is 16.5 Å². The van der Waals surface area contributed by atoms with Crippen LogP contribution in [0.1, 0.15) is 16.1 Å². The van der Waals surface area contributed by atoms with Crippen LogP contribution in [-0.2, 0) is 5.75 Å². The Morgan fingerprint density at radius 3 is 2.83 bits per heavy atom. The van der Waals surface area contributed by atoms with E-state index >= 15 is 0 Å². The van der Waals surface area contributed by atoms with Gasteiger partial charge in [-0.05, 0) is 12.1 Å². The fourth-order valence-corrected chi connectivity index (χ4v) is 2.16. The zero-order chi connectivity index (χ0) is 13.0. The molecule has 0 saturated heterocycles. The first-order valence-electron chi connectivity index (χ1n) is 4.93. The lowest BCUT2D eigenvalue weighted by Gasteiger charge is -2.03. The molecular formula is C11H8ClN3O2S. The third-order valence-corrected chi connectivity index (χ3v) is 3.26. The van der Waals surface area contributed by atoms with Gasteiger partial charge in [-0.15, -0.1) is 11.8 Å². The van der Waals surface area contributed by atoms with Gasteiger partial charge >= 0.3 is 5.97 Å². The summed E-state index contributed by atoms with van der Waals surface area (Å²) in [5, 5.41) is 10.3. The number of thioether (sulfide) groups is 1. The first-order chi connectivity index (χ1) is 8.66. The van der Waals surface area contributed by atoms with Crippen LogP contribution in [0.25, 0.3) is 0 Å². The van der Waals surface area contributed by atoms with E-state index in [1.165, 1.54) is 24.3 Å². The molecule has 2 aromatic heterocycles. The van der Waals surface area contributed by atoms with Crippen molar-refractivity contribution in [2.75, 3.05) is 0 Å². The highest BCUT2D eigenvalue weighted by molar-refractivity contribution is 7.98. The van der Waals surface area contributed by atoms with Gasteiger partial charge in [-0.3, -0.25) is 0 Å². The number of rotatable bonds is 4. The van der Waals surface area contributed by atoms with E-state index in [1.54, 1.807) is 18.3 Å². The van der Waals surface area contributed by atoms with Gasteiger partial charge in [0.05, 0.1) is 15.7 Å². The van der Waals surface area contributed by atoms with E-state index in [2.05, 4.69) is 15.0 Å². The largest absolute Gasteiger partial charge is 0.478 e. The molecule has 18 heavy (non-hydrogen) atoms. The second-order valence-corrected chi connectivity index (χ2v) is 4.72. The summed E-state index contributed by atoms with van der Waals surface area (Å²) < 4.78 is 0. The molecule has 0 bridgehead atoms. The third kappa shape index (κ3) is 3.18. The summed E-state index contributed by atoms with van der Waals surface area (Å²) in [4.78, 5) is 22.7. The molecule has 0 aliphatic heterocycles. The van der Waals surface area contributed by atoms with Crippen LogP contribution in [0.3, 0.4) is 0 Å². The average molecular weight is 282 g/mol. The van der Waals surface area contributed by atoms with Crippen molar-refractivity contribution >= 4 is 29.3 Å². The fraction of sp³-hybridized carbons (Fsp3) is 0.0909. The van der Waals surface area contributed by atoms with Gasteiger partial charge in [-0.1, -0.05) is 11.6 Å². The van der Waals surface area contributed by atoms with E-state index in [0.717, 1.165) is 5.03 Å². The molecule has 0 saturated carbocycles. The number of halogens is 1. The number of aromatic nitrogens is 3. The van der Waals surface area contributed by atoms with Crippen LogP contribution in [0, 0.1) is 0 Å². The maximum atomic E-state index is 11.0. The molecule has 2 heterocycles. The molecule has 0 amide bonds. The zero-order valence-corrected chi connectivity index (χ0v) is 10.6. The van der Waals surface area contributed by atoms with E-state index < -0.39 is 5.97 Å². The number of aromatic carboxylic acids is 1. The minimum atomic E-state index is -1.03. The Balaban J connectivity index is 2.10. The van der Waals surface area contributed by atoms with Gasteiger partial charge in [0.15, 0.2) is 0 Å². The molecule has 0 atom stereocenters. The predicted molar refractivity (Wildman–Crippen MR) is 67.8 cm³/mol. The minimum Gasteiger partial charge on any atom is -0.478 e. The highest BCUT2D eigenvalue weighted by atomic mass is 35.5. The molecule has 1 N–H and O–H groups in total. The molecule has 5 nitrogen and oxygen atoms in total. The molecule has 0 radical (unpaired) electrons. The first kappa shape index (κ1) is 12.8. The van der Waals surface area contributed by atoms with Crippen molar-refractivity contribution in [1.82, 2.24) is 15.0 Å². The summed E-state index contributed by atoms with van der Waals surface area (Å²) >= 11 is 7.12. The number of carboxylic acid groups (broad SMARTS) is 1. The number of pyridine rings is 1. The Hall–Kier alpha value is -1.66. The number of hydrogen-bond donors (Lipinski definition) is 1. The molecule has 0 fully saturated rings. The lowest BCUT2D eigenvalue weighted by molar-refractivity contribution is 0.0695. The van der Waals surface area contributed by atoms with Crippen molar-refractivity contribution in [2.24, 2.45) is 0 Å². The molecular weight excluding hydrogens is 274 g/mol. The van der Waals surface area contributed by atoms with Crippen LogP contribution in [0.4, 0.5) is 0 Å². The number of hydrogen-bond acceptors (Lipinski definition) is 5. The maximum absolute atomic E-state index is 11.0. The molecule has 0 spiro atoms. The van der Waals surface area contributed by atoms with Crippen molar-refractivity contribution in [3.05, 3.63) is 47.1 Å². The molecule has 0 unspecified atom stereocenters. The molecule has 0 aromatic carbocycles. The monoisotopic (exact) mass is 281 g/mol. The number of carbonyl (C=O) groups is 1. The topological polar surface area (TPSA) is 76.0 Å². The predicted octanol–water partition coefficient (Wildman–Crippen LogP) is 2.52. The standard InChI is InChI=1S/C11H8ClN3O2S/c12-7-1-2-10(14-3-7)18-5-9-8(11(16)17)4-13-6-15-9/h1-4,6H,5H2,(H,16,17). The Morgan fingerprint density at radius 2 is 2.17 bits per heavy atom. The maximum Gasteiger partial charge on any atom is 0.339 e. The molecule has 2 aromatic rings. The van der Waals surface area contributed by atoms with Crippen LogP contribution in [-0.4, -0.2) is 26.0 Å². The van der Waals surface area contributed by atoms with Gasteiger partial charge < -0.3 is 5.11 Å². The highest BCUT2D eigenvalue weighted by Crippen LogP contribution is 2.22. The van der Waals surface area contributed by atoms with Crippen molar-refractivity contribution in [3.8, 4) is 0 Å². The van der Waals surface area contributed by atoms with Gasteiger partial charge in [0.2, 0.25) is 0 Å². The average Bonchev–Trinajstić information content (AvgIpc) is 2.38. The highest BCUT2D eigenvalue weighted by Gasteiger charge is 2.11. The second-order valence-electron chi connectivity index (χ2n) is 3.29. The molecule has 92 valence electrons. The number of carboxylic acids is 1. The Kier molecular flexibility index (Phi) is 4.11. The van der Waals surface area contributed by atoms with Crippen LogP contribution in [0.2, 0.25) is 5.02 Å². The van der Waals surface area contributed by atoms with Gasteiger partial charge in [0, 0.05) is 18.1 Å². The van der Waals surface area contributed by atoms with Gasteiger partial charge in [0.25, 0.3) is 0 Å². The lowest BCUT2D eigenvalue weighted by atomic mass is 10.2. The van der Waals surface area contributed by atoms with Crippen LogP contribution < -0.4 is 0 Å². The van der Waals surface area contributed by atoms with Crippen LogP contribution >= 0.6 is 23.4 Å². The van der Waals surface area contributed by atoms with Gasteiger partial charge in [-0.2, -0.15) is 0 Å².